The molecule has 0 saturated carbocycles. The van der Waals surface area contributed by atoms with Crippen LogP contribution in [0.1, 0.15) is 0 Å². The van der Waals surface area contributed by atoms with E-state index in [2.05, 4.69) is 15.9 Å². The van der Waals surface area contributed by atoms with E-state index in [0.717, 1.165) is 9.65 Å². The van der Waals surface area contributed by atoms with E-state index in [1.807, 2.05) is 24.3 Å². The molecule has 0 fully saturated rings. The number of rotatable bonds is 1. The zero-order valence-corrected chi connectivity index (χ0v) is 11.0. The number of fused-ring (bicyclic) bond motifs is 1. The topological polar surface area (TPSA) is 57.5 Å². The molecule has 3 nitrogen and oxygen atoms in total. The molecule has 0 radical (unpaired) electrons. The van der Waals surface area contributed by atoms with Gasteiger partial charge in [-0.15, -0.1) is 0 Å². The monoisotopic (exact) mass is 340 g/mol. The van der Waals surface area contributed by atoms with E-state index in [1.165, 1.54) is 0 Å². The Labute approximate surface area is 94.8 Å². The molecule has 2 N–H and O–H groups in total. The summed E-state index contributed by atoms with van der Waals surface area (Å²) in [7, 11) is -4.09. The van der Waals surface area contributed by atoms with Crippen LogP contribution in [0.2, 0.25) is 0 Å². The maximum absolute atomic E-state index is 11.1. The number of hydrogen-bond donors (Lipinski definition) is 2. The van der Waals surface area contributed by atoms with Crippen LogP contribution in [0.25, 0.3) is 9.65 Å². The number of halogens is 1. The van der Waals surface area contributed by atoms with Gasteiger partial charge in [-0.3, -0.25) is 0 Å². The summed E-state index contributed by atoms with van der Waals surface area (Å²) in [5.74, 6) is 0. The van der Waals surface area contributed by atoms with Gasteiger partial charge in [0.15, 0.2) is 0 Å². The van der Waals surface area contributed by atoms with Crippen LogP contribution in [0.4, 0.5) is 0 Å². The first-order valence-corrected chi connectivity index (χ1v) is 7.85. The van der Waals surface area contributed by atoms with E-state index in [-0.39, 0.29) is 18.7 Å². The summed E-state index contributed by atoms with van der Waals surface area (Å²) in [6, 6.07) is 7.51. The third kappa shape index (κ3) is 1.76. The van der Waals surface area contributed by atoms with E-state index >= 15 is 0 Å². The zero-order chi connectivity index (χ0) is 10.3. The Hall–Kier alpha value is 0.109. The quantitative estimate of drug-likeness (QED) is 0.611. The van der Waals surface area contributed by atoms with Gasteiger partial charge in [-0.1, -0.05) is 0 Å². The van der Waals surface area contributed by atoms with Gasteiger partial charge in [-0.2, -0.15) is 0 Å². The predicted octanol–water partition coefficient (Wildman–Crippen LogP) is 1.46. The van der Waals surface area contributed by atoms with Crippen LogP contribution < -0.4 is 4.18 Å². The number of benzene rings is 1. The minimum atomic E-state index is -4.09. The van der Waals surface area contributed by atoms with Crippen molar-refractivity contribution < 1.29 is 14.4 Å². The van der Waals surface area contributed by atoms with Gasteiger partial charge in [0.25, 0.3) is 0 Å². The summed E-state index contributed by atoms with van der Waals surface area (Å²) in [5, 5.41) is 0.908. The molecule has 6 heteroatoms. The van der Waals surface area contributed by atoms with Gasteiger partial charge < -0.3 is 0 Å². The molecule has 0 spiro atoms. The molecule has 0 aliphatic carbocycles. The van der Waals surface area contributed by atoms with Crippen molar-refractivity contribution in [3.05, 3.63) is 28.7 Å². The minimum absolute atomic E-state index is 0.242. The predicted molar refractivity (Wildman–Crippen MR) is 60.3 cm³/mol. The Kier molecular flexibility index (Phi) is 2.73. The number of hydrogen-bond acceptors (Lipinski definition) is 1. The first-order chi connectivity index (χ1) is 6.50. The Morgan fingerprint density at radius 3 is 2.50 bits per heavy atom. The summed E-state index contributed by atoms with van der Waals surface area (Å²) in [5.41, 5.74) is 0. The maximum atomic E-state index is 11.1. The molecule has 0 aliphatic rings. The molecule has 2 aromatic rings. The molecule has 14 heavy (non-hydrogen) atoms. The van der Waals surface area contributed by atoms with Gasteiger partial charge in [-0.25, -0.2) is 0 Å². The molecule has 0 saturated heterocycles. The Morgan fingerprint density at radius 2 is 1.93 bits per heavy atom. The van der Waals surface area contributed by atoms with E-state index in [1.54, 1.807) is 0 Å². The fraction of sp³-hybridized carbons (Fsp3) is 0. The van der Waals surface area contributed by atoms with Crippen molar-refractivity contribution in [2.75, 3.05) is 0 Å². The van der Waals surface area contributed by atoms with Crippen molar-refractivity contribution in [2.24, 2.45) is 0 Å². The average Bonchev–Trinajstić information content (AvgIpc) is 2.44. The fourth-order valence-electron chi connectivity index (χ4n) is 1.19. The van der Waals surface area contributed by atoms with Crippen LogP contribution in [0.5, 0.6) is 0 Å². The molecule has 0 unspecified atom stereocenters. The van der Waals surface area contributed by atoms with Gasteiger partial charge in [-0.05, 0) is 0 Å². The van der Waals surface area contributed by atoms with Crippen molar-refractivity contribution in [3.63, 3.8) is 0 Å². The second-order valence-corrected chi connectivity index (χ2v) is 7.98. The molecule has 1 heterocycles. The van der Waals surface area contributed by atoms with E-state index in [0.29, 0.717) is 4.47 Å². The third-order valence-corrected chi connectivity index (χ3v) is 8.27. The van der Waals surface area contributed by atoms with Gasteiger partial charge in [0.2, 0.25) is 0 Å². The molecule has 0 aliphatic heterocycles. The SMILES string of the molecule is O=P(O)(O)c1[se]c2ccccc2c1Br. The summed E-state index contributed by atoms with van der Waals surface area (Å²) < 4.78 is 13.0. The molecule has 2 rings (SSSR count). The standard InChI is InChI=1S/C8H6BrO3PSe/c9-7-5-3-1-2-4-6(5)14-8(7)13(10,11)12/h1-4H,(H2,10,11,12). The second-order valence-electron chi connectivity index (χ2n) is 2.76. The van der Waals surface area contributed by atoms with Crippen LogP contribution in [0.3, 0.4) is 0 Å². The summed E-state index contributed by atoms with van der Waals surface area (Å²) in [6.45, 7) is 0. The van der Waals surface area contributed by atoms with Gasteiger partial charge in [0.05, 0.1) is 0 Å². The molecule has 0 atom stereocenters. The van der Waals surface area contributed by atoms with Crippen molar-refractivity contribution >= 4 is 51.9 Å². The molecular formula is C8H6BrO3PSe. The van der Waals surface area contributed by atoms with Crippen molar-refractivity contribution in [1.29, 1.82) is 0 Å². The van der Waals surface area contributed by atoms with Crippen LogP contribution in [-0.4, -0.2) is 24.3 Å². The third-order valence-electron chi connectivity index (χ3n) is 1.78. The van der Waals surface area contributed by atoms with Crippen molar-refractivity contribution in [1.82, 2.24) is 0 Å². The second kappa shape index (κ2) is 3.60. The molecular weight excluding hydrogens is 334 g/mol. The van der Waals surface area contributed by atoms with Crippen LogP contribution in [-0.2, 0) is 4.57 Å². The van der Waals surface area contributed by atoms with E-state index in [4.69, 9.17) is 9.79 Å². The van der Waals surface area contributed by atoms with E-state index in [9.17, 15) is 4.57 Å². The molecule has 0 amide bonds. The van der Waals surface area contributed by atoms with Gasteiger partial charge in [0, 0.05) is 0 Å². The zero-order valence-electron chi connectivity index (χ0n) is 6.85. The average molecular weight is 340 g/mol. The van der Waals surface area contributed by atoms with Crippen molar-refractivity contribution in [3.8, 4) is 0 Å². The summed E-state index contributed by atoms with van der Waals surface area (Å²) in [4.78, 5) is 18.2. The van der Waals surface area contributed by atoms with E-state index < -0.39 is 7.60 Å². The Balaban J connectivity index is 2.82. The van der Waals surface area contributed by atoms with Crippen LogP contribution in [0, 0.1) is 0 Å². The Morgan fingerprint density at radius 1 is 1.29 bits per heavy atom. The normalized spacial score (nSPS) is 12.2. The molecule has 74 valence electrons. The van der Waals surface area contributed by atoms with Crippen LogP contribution >= 0.6 is 23.5 Å². The first kappa shape index (κ1) is 10.6. The van der Waals surface area contributed by atoms with Crippen molar-refractivity contribution in [2.45, 2.75) is 0 Å². The first-order valence-electron chi connectivity index (χ1n) is 3.73. The van der Waals surface area contributed by atoms with Crippen LogP contribution in [0.15, 0.2) is 28.7 Å². The molecule has 1 aromatic carbocycles. The molecule has 0 bridgehead atoms. The molecule has 1 aromatic heterocycles. The summed E-state index contributed by atoms with van der Waals surface area (Å²) >= 11 is 2.99. The Bertz CT molecular complexity index is 530. The van der Waals surface area contributed by atoms with Gasteiger partial charge in [0.1, 0.15) is 0 Å². The fourth-order valence-corrected chi connectivity index (χ4v) is 6.45. The summed E-state index contributed by atoms with van der Waals surface area (Å²) in [6.07, 6.45) is 0. The van der Waals surface area contributed by atoms with Gasteiger partial charge >= 0.3 is 94.9 Å².